The van der Waals surface area contributed by atoms with Crippen LogP contribution in [0.15, 0.2) is 60.7 Å². The summed E-state index contributed by atoms with van der Waals surface area (Å²) in [6, 6.07) is 18.8. The predicted molar refractivity (Wildman–Crippen MR) is 107 cm³/mol. The Morgan fingerprint density at radius 3 is 2.25 bits per heavy atom. The molecule has 0 bridgehead atoms. The van der Waals surface area contributed by atoms with E-state index in [1.54, 1.807) is 0 Å². The molecule has 1 heterocycles. The quantitative estimate of drug-likeness (QED) is 0.424. The van der Waals surface area contributed by atoms with Gasteiger partial charge in [-0.05, 0) is 35.6 Å². The first-order valence-corrected chi connectivity index (χ1v) is 9.72. The molecule has 2 N–H and O–H groups in total. The fraction of sp³-hybridized carbons (Fsp3) is 0.333. The van der Waals surface area contributed by atoms with Crippen molar-refractivity contribution >= 4 is 22.9 Å². The van der Waals surface area contributed by atoms with Gasteiger partial charge in [0.1, 0.15) is 6.61 Å². The van der Waals surface area contributed by atoms with Gasteiger partial charge in [-0.2, -0.15) is 0 Å². The number of carbonyl (C=O) groups is 2. The summed E-state index contributed by atoms with van der Waals surface area (Å²) < 4.78 is 0. The van der Waals surface area contributed by atoms with Gasteiger partial charge in [-0.15, -0.1) is 0 Å². The summed E-state index contributed by atoms with van der Waals surface area (Å²) in [5, 5.41) is 6.69. The van der Waals surface area contributed by atoms with Crippen LogP contribution < -0.4 is 10.6 Å². The van der Waals surface area contributed by atoms with Crippen molar-refractivity contribution < 1.29 is 14.4 Å². The van der Waals surface area contributed by atoms with E-state index in [2.05, 4.69) is 10.6 Å². The minimum Gasteiger partial charge on any atom is -0.351 e. The summed E-state index contributed by atoms with van der Waals surface area (Å²) in [5.74, 6) is -0.0451. The van der Waals surface area contributed by atoms with Crippen LogP contribution in [-0.4, -0.2) is 35.0 Å². The lowest BCUT2D eigenvalue weighted by Gasteiger charge is -2.34. The maximum Gasteiger partial charge on any atom is 0.340 e. The second-order valence-corrected chi connectivity index (χ2v) is 7.06. The zero-order valence-electron chi connectivity index (χ0n) is 15.5. The molecule has 28 heavy (non-hydrogen) atoms. The lowest BCUT2D eigenvalue weighted by molar-refractivity contribution is -0.153. The molecular formula is C21H24ClN3O3. The van der Waals surface area contributed by atoms with Crippen LogP contribution in [0.25, 0.3) is 0 Å². The van der Waals surface area contributed by atoms with Crippen molar-refractivity contribution in [2.75, 3.05) is 6.54 Å². The first-order chi connectivity index (χ1) is 13.6. The fourth-order valence-electron chi connectivity index (χ4n) is 3.19. The number of hydrogen-bond donors (Lipinski definition) is 2. The molecule has 1 aliphatic rings. The zero-order valence-corrected chi connectivity index (χ0v) is 16.3. The Labute approximate surface area is 169 Å². The SMILES string of the molecule is O=C(NCc1ccccc1)[C@@H]1CC[C@@H](N(OCc2ccccc2)C(=O)Cl)CN1. The highest BCUT2D eigenvalue weighted by atomic mass is 35.5. The van der Waals surface area contributed by atoms with Gasteiger partial charge in [0, 0.05) is 13.1 Å². The van der Waals surface area contributed by atoms with Gasteiger partial charge < -0.3 is 10.6 Å². The molecule has 1 saturated heterocycles. The Kier molecular flexibility index (Phi) is 7.42. The van der Waals surface area contributed by atoms with Crippen LogP contribution >= 0.6 is 11.6 Å². The molecule has 7 heteroatoms. The van der Waals surface area contributed by atoms with Crippen LogP contribution in [0, 0.1) is 0 Å². The lowest BCUT2D eigenvalue weighted by atomic mass is 10.00. The molecule has 148 valence electrons. The van der Waals surface area contributed by atoms with Crippen molar-refractivity contribution in [2.24, 2.45) is 0 Å². The van der Waals surface area contributed by atoms with Gasteiger partial charge >= 0.3 is 5.37 Å². The molecule has 2 aromatic carbocycles. The predicted octanol–water partition coefficient (Wildman–Crippen LogP) is 3.22. The third-order valence-corrected chi connectivity index (χ3v) is 4.90. The Bertz CT molecular complexity index is 765. The molecule has 3 rings (SSSR count). The number of halogens is 1. The molecule has 0 aromatic heterocycles. The smallest absolute Gasteiger partial charge is 0.340 e. The molecule has 0 spiro atoms. The van der Waals surface area contributed by atoms with Crippen molar-refractivity contribution in [3.63, 3.8) is 0 Å². The van der Waals surface area contributed by atoms with Gasteiger partial charge in [0.05, 0.1) is 12.1 Å². The number of rotatable bonds is 7. The van der Waals surface area contributed by atoms with Gasteiger partial charge in [-0.25, -0.2) is 5.06 Å². The number of carbonyl (C=O) groups excluding carboxylic acids is 2. The second-order valence-electron chi connectivity index (χ2n) is 6.73. The summed E-state index contributed by atoms with van der Waals surface area (Å²) in [6.07, 6.45) is 1.23. The van der Waals surface area contributed by atoms with Crippen molar-refractivity contribution in [1.82, 2.24) is 15.7 Å². The minimum absolute atomic E-state index is 0.0451. The van der Waals surface area contributed by atoms with E-state index in [0.29, 0.717) is 25.9 Å². The first kappa shape index (κ1) is 20.3. The van der Waals surface area contributed by atoms with Gasteiger partial charge in [0.2, 0.25) is 5.91 Å². The van der Waals surface area contributed by atoms with Gasteiger partial charge in [-0.3, -0.25) is 14.4 Å². The molecule has 6 nitrogen and oxygen atoms in total. The molecule has 2 atom stereocenters. The molecule has 2 amide bonds. The average molecular weight is 402 g/mol. The number of hydrogen-bond acceptors (Lipinski definition) is 4. The highest BCUT2D eigenvalue weighted by Gasteiger charge is 2.31. The highest BCUT2D eigenvalue weighted by Crippen LogP contribution is 2.18. The number of nitrogens with one attached hydrogen (secondary N) is 2. The fourth-order valence-corrected chi connectivity index (χ4v) is 3.38. The Morgan fingerprint density at radius 2 is 1.68 bits per heavy atom. The van der Waals surface area contributed by atoms with Crippen LogP contribution in [0.1, 0.15) is 24.0 Å². The number of benzene rings is 2. The normalized spacial score (nSPS) is 19.0. The summed E-state index contributed by atoms with van der Waals surface area (Å²) in [6.45, 7) is 1.20. The van der Waals surface area contributed by atoms with E-state index in [1.165, 1.54) is 5.06 Å². The van der Waals surface area contributed by atoms with E-state index < -0.39 is 5.37 Å². The molecule has 1 fully saturated rings. The van der Waals surface area contributed by atoms with Crippen molar-refractivity contribution in [2.45, 2.75) is 38.1 Å². The van der Waals surface area contributed by atoms with Gasteiger partial charge in [-0.1, -0.05) is 60.7 Å². The van der Waals surface area contributed by atoms with Crippen molar-refractivity contribution in [1.29, 1.82) is 0 Å². The molecule has 0 saturated carbocycles. The van der Waals surface area contributed by atoms with Crippen LogP contribution in [0.4, 0.5) is 4.79 Å². The van der Waals surface area contributed by atoms with E-state index in [1.807, 2.05) is 60.7 Å². The van der Waals surface area contributed by atoms with E-state index in [-0.39, 0.29) is 24.6 Å². The number of amides is 2. The third kappa shape index (κ3) is 5.79. The minimum atomic E-state index is -0.658. The topological polar surface area (TPSA) is 70.7 Å². The Hall–Kier alpha value is -2.41. The molecule has 0 radical (unpaired) electrons. The molecule has 1 aliphatic heterocycles. The zero-order chi connectivity index (χ0) is 19.8. The van der Waals surface area contributed by atoms with E-state index in [4.69, 9.17) is 16.4 Å². The molecule has 0 aliphatic carbocycles. The number of hydroxylamine groups is 2. The van der Waals surface area contributed by atoms with Crippen molar-refractivity contribution in [3.8, 4) is 0 Å². The Balaban J connectivity index is 1.46. The highest BCUT2D eigenvalue weighted by molar-refractivity contribution is 6.62. The largest absolute Gasteiger partial charge is 0.351 e. The lowest BCUT2D eigenvalue weighted by Crippen LogP contribution is -2.54. The maximum atomic E-state index is 12.4. The number of nitrogens with zero attached hydrogens (tertiary/aromatic N) is 1. The van der Waals surface area contributed by atoms with Crippen LogP contribution in [0.5, 0.6) is 0 Å². The first-order valence-electron chi connectivity index (χ1n) is 9.34. The Morgan fingerprint density at radius 1 is 1.04 bits per heavy atom. The molecule has 0 unspecified atom stereocenters. The van der Waals surface area contributed by atoms with Crippen molar-refractivity contribution in [3.05, 3.63) is 71.8 Å². The molecule has 2 aromatic rings. The second kappa shape index (κ2) is 10.2. The van der Waals surface area contributed by atoms with E-state index in [0.717, 1.165) is 11.1 Å². The van der Waals surface area contributed by atoms with E-state index in [9.17, 15) is 9.59 Å². The molecular weight excluding hydrogens is 378 g/mol. The van der Waals surface area contributed by atoms with E-state index >= 15 is 0 Å². The van der Waals surface area contributed by atoms with Crippen LogP contribution in [0.3, 0.4) is 0 Å². The van der Waals surface area contributed by atoms with Gasteiger partial charge in [0.25, 0.3) is 0 Å². The average Bonchev–Trinajstić information content (AvgIpc) is 2.74. The third-order valence-electron chi connectivity index (χ3n) is 4.73. The summed E-state index contributed by atoms with van der Waals surface area (Å²) >= 11 is 5.71. The number of piperidine rings is 1. The van der Waals surface area contributed by atoms with Gasteiger partial charge in [0.15, 0.2) is 0 Å². The maximum absolute atomic E-state index is 12.4. The summed E-state index contributed by atoms with van der Waals surface area (Å²) in [7, 11) is 0. The van der Waals surface area contributed by atoms with Crippen LogP contribution in [-0.2, 0) is 22.8 Å². The summed E-state index contributed by atoms with van der Waals surface area (Å²) in [5.41, 5.74) is 2.00. The van der Waals surface area contributed by atoms with Crippen LogP contribution in [0.2, 0.25) is 0 Å². The summed E-state index contributed by atoms with van der Waals surface area (Å²) in [4.78, 5) is 29.8. The standard InChI is InChI=1S/C21H24ClN3O3/c22-21(27)25(28-15-17-9-5-2-6-10-17)18-11-12-19(23-14-18)20(26)24-13-16-7-3-1-4-8-16/h1-10,18-19,23H,11-15H2,(H,24,26)/t18-,19+/m1/s1. The monoisotopic (exact) mass is 401 g/mol.